The van der Waals surface area contributed by atoms with Crippen LogP contribution in [0.2, 0.25) is 0 Å². The van der Waals surface area contributed by atoms with E-state index in [9.17, 15) is 0 Å². The van der Waals surface area contributed by atoms with Crippen LogP contribution in [0.5, 0.6) is 0 Å². The summed E-state index contributed by atoms with van der Waals surface area (Å²) in [6, 6.07) is 185. The molecule has 0 N–H and O–H groups in total. The van der Waals surface area contributed by atoms with Crippen molar-refractivity contribution in [2.24, 2.45) is 0 Å². The molecule has 0 fully saturated rings. The van der Waals surface area contributed by atoms with Crippen LogP contribution in [0.25, 0.3) is 187 Å². The number of para-hydroxylation sites is 7. The van der Waals surface area contributed by atoms with E-state index >= 15 is 0 Å². The number of hydrogen-bond donors (Lipinski definition) is 0. The third kappa shape index (κ3) is 16.1. The van der Waals surface area contributed by atoms with Gasteiger partial charge in [-0.05, 0) is 233 Å². The van der Waals surface area contributed by atoms with Gasteiger partial charge in [0.05, 0.1) is 49.7 Å². The van der Waals surface area contributed by atoms with Gasteiger partial charge < -0.3 is 42.4 Å². The van der Waals surface area contributed by atoms with Crippen LogP contribution in [-0.2, 0) is 6.42 Å². The van der Waals surface area contributed by atoms with Gasteiger partial charge in [0.15, 0.2) is 0 Å². The zero-order valence-electron chi connectivity index (χ0n) is 81.2. The largest absolute Gasteiger partial charge is 0.345 e. The molecule has 0 amide bonds. The highest BCUT2D eigenvalue weighted by Gasteiger charge is 2.25. The van der Waals surface area contributed by atoms with E-state index in [-0.39, 0.29) is 0 Å². The normalized spacial score (nSPS) is 11.8. The molecule has 22 aromatic carbocycles. The van der Waals surface area contributed by atoms with E-state index in [0.29, 0.717) is 0 Å². The molecular weight excluding hydrogens is 1760 g/mol. The number of rotatable bonds is 15. The molecule has 0 saturated carbocycles. The Bertz CT molecular complexity index is 9460. The summed E-state index contributed by atoms with van der Waals surface area (Å²) in [5.41, 5.74) is 34.1. The lowest BCUT2D eigenvalue weighted by Crippen LogP contribution is -2.10. The van der Waals surface area contributed by atoms with Gasteiger partial charge in [0.1, 0.15) is 0 Å². The van der Waals surface area contributed by atoms with Crippen LogP contribution in [0.15, 0.2) is 522 Å². The molecule has 1 aliphatic carbocycles. The lowest BCUT2D eigenvalue weighted by atomic mass is 10.0. The molecule has 9 heteroatoms. The van der Waals surface area contributed by atoms with Crippen LogP contribution in [-0.4, -0.2) is 51.0 Å². The Morgan fingerprint density at radius 1 is 0.172 bits per heavy atom. The highest BCUT2D eigenvalue weighted by molar-refractivity contribution is 6.22. The van der Waals surface area contributed by atoms with Crippen LogP contribution < -0.4 is 19.6 Å². The molecule has 0 spiro atoms. The van der Waals surface area contributed by atoms with Crippen molar-refractivity contribution in [3.05, 3.63) is 533 Å². The second kappa shape index (κ2) is 37.8. The Morgan fingerprint density at radius 2 is 0.421 bits per heavy atom. The Balaban J connectivity index is 0.000000101. The molecule has 0 bridgehead atoms. The van der Waals surface area contributed by atoms with Crippen molar-refractivity contribution in [3.8, 4) is 50.7 Å². The van der Waals surface area contributed by atoms with E-state index in [1.165, 1.54) is 209 Å². The fraction of sp³-hybridized carbons (Fsp3) is 0.0441. The summed E-state index contributed by atoms with van der Waals surface area (Å²) in [7, 11) is 8.54. The molecular formula is C136H103N9. The lowest BCUT2D eigenvalue weighted by Gasteiger charge is -2.21. The second-order valence-corrected chi connectivity index (χ2v) is 37.6. The molecule has 27 aromatic rings. The first-order valence-corrected chi connectivity index (χ1v) is 50.0. The van der Waals surface area contributed by atoms with E-state index < -0.39 is 0 Å². The zero-order chi connectivity index (χ0) is 97.0. The molecule has 5 aromatic heterocycles. The smallest absolute Gasteiger partial charge is 0.0619 e. The van der Waals surface area contributed by atoms with Crippen LogP contribution >= 0.6 is 0 Å². The molecule has 0 atom stereocenters. The fourth-order valence-corrected chi connectivity index (χ4v) is 22.0. The maximum Gasteiger partial charge on any atom is 0.0619 e. The summed E-state index contributed by atoms with van der Waals surface area (Å²) in [5.74, 6) is 0. The highest BCUT2D eigenvalue weighted by atomic mass is 15.1. The number of hydrogen-bond acceptors (Lipinski definition) is 4. The average molecular weight is 1860 g/mol. The van der Waals surface area contributed by atoms with Gasteiger partial charge in [-0.2, -0.15) is 0 Å². The summed E-state index contributed by atoms with van der Waals surface area (Å²) < 4.78 is 12.0. The molecule has 9 nitrogen and oxygen atoms in total. The first kappa shape index (κ1) is 87.8. The predicted molar refractivity (Wildman–Crippen MR) is 619 cm³/mol. The van der Waals surface area contributed by atoms with Crippen molar-refractivity contribution >= 4 is 182 Å². The molecule has 145 heavy (non-hydrogen) atoms. The van der Waals surface area contributed by atoms with Crippen molar-refractivity contribution in [1.29, 1.82) is 0 Å². The number of anilines is 8. The Hall–Kier alpha value is -18.7. The SMILES string of the molecule is CN(c1ccc(-c2ccccc2)cc1)c1ccc(-n2c3ccccc3c3ccc4ccccc4c32)cc1.CN(c1ccc(-c2ccccc2)cc1)c1ccc2c3ccc4ccccc4c3n(-c3ccccc3)c2c1.CN(c1ccc(-n2c3c(c4ccccc42)C=CCC3)cc1)c1ccc(-n2c3ccccc3c3ccccc32)cc1.CN(c1ccccc1)c1ccc2c3ccc4ccccc4c3n(-c3ccccc3)c2c1. The minimum Gasteiger partial charge on any atom is -0.345 e. The Morgan fingerprint density at radius 3 is 0.814 bits per heavy atom. The monoisotopic (exact) mass is 1860 g/mol. The second-order valence-electron chi connectivity index (χ2n) is 37.6. The van der Waals surface area contributed by atoms with Crippen molar-refractivity contribution in [3.63, 3.8) is 0 Å². The lowest BCUT2D eigenvalue weighted by molar-refractivity contribution is 0.888. The number of aromatic nitrogens is 5. The summed E-state index contributed by atoms with van der Waals surface area (Å²) in [6.07, 6.45) is 6.75. The van der Waals surface area contributed by atoms with E-state index in [1.54, 1.807) is 0 Å². The van der Waals surface area contributed by atoms with Crippen LogP contribution in [0.3, 0.4) is 0 Å². The molecule has 0 saturated heterocycles. The summed E-state index contributed by atoms with van der Waals surface area (Å²) in [4.78, 5) is 9.00. The highest BCUT2D eigenvalue weighted by Crippen LogP contribution is 2.46. The van der Waals surface area contributed by atoms with Crippen LogP contribution in [0, 0.1) is 0 Å². The third-order valence-corrected chi connectivity index (χ3v) is 29.4. The third-order valence-electron chi connectivity index (χ3n) is 29.4. The quantitative estimate of drug-likeness (QED) is 0.103. The Kier molecular flexibility index (Phi) is 22.9. The van der Waals surface area contributed by atoms with E-state index in [1.807, 2.05) is 0 Å². The summed E-state index contributed by atoms with van der Waals surface area (Å²) in [5, 5.41) is 19.2. The van der Waals surface area contributed by atoms with Gasteiger partial charge in [-0.3, -0.25) is 0 Å². The van der Waals surface area contributed by atoms with Gasteiger partial charge >= 0.3 is 0 Å². The van der Waals surface area contributed by atoms with Gasteiger partial charge in [-0.1, -0.05) is 346 Å². The standard InChI is InChI=1S/C37H29N3.2C35H26N2.C29H22N2/c1-38(26-18-22-28(23-19-26)39-34-14-6-2-10-30(34)31-11-3-7-15-35(31)39)27-20-24-29(25-21-27)40-36-16-8-4-12-32(36)33-13-5-9-17-37(33)40;1-36(28-19-16-26(17-20-28)25-10-4-2-5-11-25)30-21-23-32-33-22-18-27-12-8-9-15-31(27)35(33)37(34(32)24-30)29-13-6-3-7-14-29;1-36(28-18-15-26(16-19-28)25-9-3-2-4-10-25)29-20-22-30(23-21-29)37-34-14-8-7-13-32(34)33-24-17-27-11-5-6-12-31(27)35(33)37;1-30(22-11-4-2-5-12-22)24-17-19-26-27-18-16-21-10-8-9-15-25(21)29(27)31(28(26)20-24)23-13-6-3-7-14-23/h2-8,10-16,18-25H,9,17H2,1H3;2*2-24H,1H3;2-20H,1H3. The predicted octanol–water partition coefficient (Wildman–Crippen LogP) is 35.9. The van der Waals surface area contributed by atoms with E-state index in [2.05, 4.69) is 598 Å². The van der Waals surface area contributed by atoms with Crippen molar-refractivity contribution in [1.82, 2.24) is 22.8 Å². The summed E-state index contributed by atoms with van der Waals surface area (Å²) >= 11 is 0. The van der Waals surface area contributed by atoms with Crippen molar-refractivity contribution in [2.45, 2.75) is 12.8 Å². The molecule has 0 aliphatic heterocycles. The molecule has 0 radical (unpaired) electrons. The minimum absolute atomic E-state index is 1.07. The van der Waals surface area contributed by atoms with Gasteiger partial charge in [0, 0.05) is 178 Å². The fourth-order valence-electron chi connectivity index (χ4n) is 22.0. The summed E-state index contributed by atoms with van der Waals surface area (Å²) in [6.45, 7) is 0. The average Bonchev–Trinajstić information content (AvgIpc) is 1.58. The van der Waals surface area contributed by atoms with Crippen LogP contribution in [0.1, 0.15) is 17.7 Å². The molecule has 1 aliphatic rings. The molecule has 0 unspecified atom stereocenters. The molecule has 692 valence electrons. The number of benzene rings is 22. The van der Waals surface area contributed by atoms with Crippen LogP contribution in [0.4, 0.5) is 45.5 Å². The van der Waals surface area contributed by atoms with Crippen molar-refractivity contribution < 1.29 is 0 Å². The first-order valence-electron chi connectivity index (χ1n) is 50.0. The topological polar surface area (TPSA) is 37.6 Å². The Labute approximate surface area is 843 Å². The van der Waals surface area contributed by atoms with Gasteiger partial charge in [-0.15, -0.1) is 0 Å². The minimum atomic E-state index is 1.07. The van der Waals surface area contributed by atoms with Gasteiger partial charge in [0.2, 0.25) is 0 Å². The van der Waals surface area contributed by atoms with Gasteiger partial charge in [-0.25, -0.2) is 0 Å². The van der Waals surface area contributed by atoms with Gasteiger partial charge in [0.25, 0.3) is 0 Å². The molecule has 5 heterocycles. The zero-order valence-corrected chi connectivity index (χ0v) is 81.2. The van der Waals surface area contributed by atoms with E-state index in [0.717, 1.165) is 41.3 Å². The molecule has 28 rings (SSSR count). The van der Waals surface area contributed by atoms with Crippen molar-refractivity contribution in [2.75, 3.05) is 47.8 Å². The number of fused-ring (bicyclic) bond motifs is 21. The van der Waals surface area contributed by atoms with E-state index in [4.69, 9.17) is 0 Å². The maximum atomic E-state index is 2.44. The number of nitrogens with zero attached hydrogens (tertiary/aromatic N) is 9. The first-order chi connectivity index (χ1) is 71.6. The maximum absolute atomic E-state index is 2.44. The number of allylic oxidation sites excluding steroid dienone is 1.